The predicted molar refractivity (Wildman–Crippen MR) is 76.7 cm³/mol. The van der Waals surface area contributed by atoms with Gasteiger partial charge in [0.1, 0.15) is 4.90 Å². The Bertz CT molecular complexity index is 821. The summed E-state index contributed by atoms with van der Waals surface area (Å²) < 4.78 is 35.0. The second-order valence-electron chi connectivity index (χ2n) is 4.00. The zero-order valence-electron chi connectivity index (χ0n) is 10.7. The van der Waals surface area contributed by atoms with Gasteiger partial charge < -0.3 is 5.32 Å². The first-order valence-electron chi connectivity index (χ1n) is 5.88. The lowest BCUT2D eigenvalue weighted by Gasteiger charge is -2.04. The molecule has 0 atom stereocenters. The SMILES string of the molecule is O=C(C#Cc1ccccc1)Nc1ccccc1S(=O)(=O)F. The Kier molecular flexibility index (Phi) is 4.36. The molecule has 0 saturated carbocycles. The van der Waals surface area contributed by atoms with Gasteiger partial charge in [-0.2, -0.15) is 8.42 Å². The summed E-state index contributed by atoms with van der Waals surface area (Å²) in [5, 5.41) is 2.26. The molecule has 2 aromatic carbocycles. The summed E-state index contributed by atoms with van der Waals surface area (Å²) in [5.74, 6) is 4.20. The summed E-state index contributed by atoms with van der Waals surface area (Å²) >= 11 is 0. The highest BCUT2D eigenvalue weighted by atomic mass is 32.3. The smallest absolute Gasteiger partial charge is 0.314 e. The molecule has 0 radical (unpaired) electrons. The lowest BCUT2D eigenvalue weighted by Crippen LogP contribution is -2.11. The summed E-state index contributed by atoms with van der Waals surface area (Å²) in [6, 6.07) is 14.0. The van der Waals surface area contributed by atoms with Crippen LogP contribution in [0.15, 0.2) is 59.5 Å². The van der Waals surface area contributed by atoms with Gasteiger partial charge in [-0.05, 0) is 24.3 Å². The number of hydrogen-bond acceptors (Lipinski definition) is 3. The van der Waals surface area contributed by atoms with Crippen LogP contribution < -0.4 is 5.32 Å². The molecule has 1 N–H and O–H groups in total. The molecule has 0 fully saturated rings. The molecule has 0 aliphatic heterocycles. The number of halogens is 1. The summed E-state index contributed by atoms with van der Waals surface area (Å²) in [5.41, 5.74) is 0.492. The molecule has 4 nitrogen and oxygen atoms in total. The molecule has 0 bridgehead atoms. The topological polar surface area (TPSA) is 63.2 Å². The minimum Gasteiger partial charge on any atom is -0.314 e. The monoisotopic (exact) mass is 303 g/mol. The van der Waals surface area contributed by atoms with Gasteiger partial charge in [0.15, 0.2) is 0 Å². The molecule has 6 heteroatoms. The molecular formula is C15H10FNO3S. The lowest BCUT2D eigenvalue weighted by molar-refractivity contribution is -0.111. The second kappa shape index (κ2) is 6.20. The fourth-order valence-electron chi connectivity index (χ4n) is 1.59. The van der Waals surface area contributed by atoms with Gasteiger partial charge in [-0.25, -0.2) is 0 Å². The molecule has 2 aromatic rings. The van der Waals surface area contributed by atoms with Gasteiger partial charge in [0.2, 0.25) is 0 Å². The first-order valence-corrected chi connectivity index (χ1v) is 7.27. The number of benzene rings is 2. The Balaban J connectivity index is 2.20. The summed E-state index contributed by atoms with van der Waals surface area (Å²) in [7, 11) is -4.91. The van der Waals surface area contributed by atoms with Gasteiger partial charge in [-0.1, -0.05) is 36.3 Å². The van der Waals surface area contributed by atoms with E-state index in [9.17, 15) is 17.1 Å². The van der Waals surface area contributed by atoms with Crippen LogP contribution in [0.4, 0.5) is 9.57 Å². The fourth-order valence-corrected chi connectivity index (χ4v) is 2.21. The van der Waals surface area contributed by atoms with Crippen molar-refractivity contribution in [2.75, 3.05) is 5.32 Å². The van der Waals surface area contributed by atoms with Crippen LogP contribution in [0.25, 0.3) is 0 Å². The molecule has 2 rings (SSSR count). The number of anilines is 1. The Morgan fingerprint density at radius 1 is 1.00 bits per heavy atom. The average molecular weight is 303 g/mol. The molecule has 0 saturated heterocycles. The summed E-state index contributed by atoms with van der Waals surface area (Å²) in [6.07, 6.45) is 0. The summed E-state index contributed by atoms with van der Waals surface area (Å²) in [4.78, 5) is 11.1. The molecule has 0 aliphatic carbocycles. The number of amides is 1. The van der Waals surface area contributed by atoms with E-state index in [2.05, 4.69) is 17.2 Å². The maximum Gasteiger partial charge on any atom is 0.334 e. The second-order valence-corrected chi connectivity index (χ2v) is 5.32. The summed E-state index contributed by atoms with van der Waals surface area (Å²) in [6.45, 7) is 0. The Hall–Kier alpha value is -2.65. The van der Waals surface area contributed by atoms with Crippen molar-refractivity contribution in [3.05, 3.63) is 60.2 Å². The minimum absolute atomic E-state index is 0.146. The standard InChI is InChI=1S/C15H10FNO3S/c16-21(19,20)14-9-5-4-8-13(14)17-15(18)11-10-12-6-2-1-3-7-12/h1-9H,(H,17,18). The van der Waals surface area contributed by atoms with Gasteiger partial charge >= 0.3 is 16.1 Å². The highest BCUT2D eigenvalue weighted by molar-refractivity contribution is 7.86. The van der Waals surface area contributed by atoms with Crippen molar-refractivity contribution >= 4 is 21.8 Å². The molecule has 21 heavy (non-hydrogen) atoms. The van der Waals surface area contributed by atoms with E-state index in [-0.39, 0.29) is 5.69 Å². The van der Waals surface area contributed by atoms with E-state index in [4.69, 9.17) is 0 Å². The van der Waals surface area contributed by atoms with Gasteiger partial charge in [0.25, 0.3) is 0 Å². The molecule has 0 aliphatic rings. The molecule has 0 aromatic heterocycles. The Labute approximate surface area is 121 Å². The third kappa shape index (κ3) is 4.16. The van der Waals surface area contributed by atoms with Crippen molar-refractivity contribution in [2.24, 2.45) is 0 Å². The van der Waals surface area contributed by atoms with Gasteiger partial charge in [0, 0.05) is 11.5 Å². The predicted octanol–water partition coefficient (Wildman–Crippen LogP) is 2.33. The maximum atomic E-state index is 13.1. The van der Waals surface area contributed by atoms with Crippen molar-refractivity contribution in [1.29, 1.82) is 0 Å². The van der Waals surface area contributed by atoms with Crippen LogP contribution in [-0.2, 0) is 15.0 Å². The first kappa shape index (κ1) is 14.8. The van der Waals surface area contributed by atoms with Crippen molar-refractivity contribution in [1.82, 2.24) is 0 Å². The van der Waals surface area contributed by atoms with Crippen molar-refractivity contribution in [2.45, 2.75) is 4.90 Å². The Morgan fingerprint density at radius 2 is 1.62 bits per heavy atom. The van der Waals surface area contributed by atoms with E-state index in [1.807, 2.05) is 6.07 Å². The first-order chi connectivity index (χ1) is 9.97. The van der Waals surface area contributed by atoms with Gasteiger partial charge in [-0.15, -0.1) is 3.89 Å². The zero-order chi connectivity index (χ0) is 15.3. The number of nitrogens with one attached hydrogen (secondary N) is 1. The highest BCUT2D eigenvalue weighted by Crippen LogP contribution is 2.22. The molecular weight excluding hydrogens is 293 g/mol. The fraction of sp³-hybridized carbons (Fsp3) is 0. The van der Waals surface area contributed by atoms with E-state index < -0.39 is 21.0 Å². The average Bonchev–Trinajstić information content (AvgIpc) is 2.46. The van der Waals surface area contributed by atoms with E-state index in [0.717, 1.165) is 6.07 Å². The van der Waals surface area contributed by atoms with Crippen LogP contribution in [0.2, 0.25) is 0 Å². The normalized spacial score (nSPS) is 10.3. The molecule has 106 valence electrons. The van der Waals surface area contributed by atoms with Crippen molar-refractivity contribution in [3.8, 4) is 11.8 Å². The Morgan fingerprint density at radius 3 is 2.29 bits per heavy atom. The zero-order valence-corrected chi connectivity index (χ0v) is 11.5. The van der Waals surface area contributed by atoms with Crippen LogP contribution in [0.5, 0.6) is 0 Å². The van der Waals surface area contributed by atoms with E-state index in [1.54, 1.807) is 24.3 Å². The van der Waals surface area contributed by atoms with Crippen molar-refractivity contribution < 1.29 is 17.1 Å². The number of carbonyl (C=O) groups excluding carboxylic acids is 1. The number of rotatable bonds is 2. The largest absolute Gasteiger partial charge is 0.334 e. The van der Waals surface area contributed by atoms with E-state index in [0.29, 0.717) is 5.56 Å². The van der Waals surface area contributed by atoms with Gasteiger partial charge in [-0.3, -0.25) is 4.79 Å². The number of para-hydroxylation sites is 1. The molecule has 1 amide bonds. The molecule has 0 unspecified atom stereocenters. The third-order valence-corrected chi connectivity index (χ3v) is 3.37. The maximum absolute atomic E-state index is 13.1. The molecule has 0 heterocycles. The molecule has 0 spiro atoms. The van der Waals surface area contributed by atoms with E-state index >= 15 is 0 Å². The van der Waals surface area contributed by atoms with Gasteiger partial charge in [0.05, 0.1) is 5.69 Å². The van der Waals surface area contributed by atoms with Crippen LogP contribution in [0, 0.1) is 11.8 Å². The number of carbonyl (C=O) groups is 1. The quantitative estimate of drug-likeness (QED) is 0.684. The van der Waals surface area contributed by atoms with Crippen LogP contribution in [-0.4, -0.2) is 14.3 Å². The van der Waals surface area contributed by atoms with Crippen LogP contribution in [0.3, 0.4) is 0 Å². The number of hydrogen-bond donors (Lipinski definition) is 1. The lowest BCUT2D eigenvalue weighted by atomic mass is 10.2. The van der Waals surface area contributed by atoms with Crippen LogP contribution in [0.1, 0.15) is 5.56 Å². The van der Waals surface area contributed by atoms with E-state index in [1.165, 1.54) is 18.2 Å². The minimum atomic E-state index is -4.91. The van der Waals surface area contributed by atoms with Crippen LogP contribution >= 0.6 is 0 Å². The highest BCUT2D eigenvalue weighted by Gasteiger charge is 2.17. The van der Waals surface area contributed by atoms with Crippen molar-refractivity contribution in [3.63, 3.8) is 0 Å². The third-order valence-electron chi connectivity index (χ3n) is 2.49.